The molecule has 0 atom stereocenters. The van der Waals surface area contributed by atoms with E-state index in [-0.39, 0.29) is 12.2 Å². The Kier molecular flexibility index (Phi) is 6.99. The van der Waals surface area contributed by atoms with Crippen LogP contribution in [0.3, 0.4) is 0 Å². The Morgan fingerprint density at radius 2 is 1.93 bits per heavy atom. The van der Waals surface area contributed by atoms with Gasteiger partial charge in [-0.3, -0.25) is 4.79 Å². The van der Waals surface area contributed by atoms with E-state index >= 15 is 0 Å². The van der Waals surface area contributed by atoms with Crippen molar-refractivity contribution in [3.05, 3.63) is 57.6 Å². The maximum Gasteiger partial charge on any atom is 0.266 e. The molecule has 0 aliphatic carbocycles. The van der Waals surface area contributed by atoms with E-state index < -0.39 is 5.91 Å². The van der Waals surface area contributed by atoms with Crippen LogP contribution < -0.4 is 14.8 Å². The first-order valence-electron chi connectivity index (χ1n) is 7.85. The highest BCUT2D eigenvalue weighted by Crippen LogP contribution is 2.34. The summed E-state index contributed by atoms with van der Waals surface area (Å²) in [7, 11) is 1.46. The van der Waals surface area contributed by atoms with Crippen LogP contribution in [-0.2, 0) is 4.79 Å². The number of nitriles is 2. The minimum atomic E-state index is -0.517. The summed E-state index contributed by atoms with van der Waals surface area (Å²) in [6, 6.07) is 14.3. The van der Waals surface area contributed by atoms with Gasteiger partial charge >= 0.3 is 0 Å². The van der Waals surface area contributed by atoms with Crippen molar-refractivity contribution in [2.75, 3.05) is 19.0 Å². The lowest BCUT2D eigenvalue weighted by Crippen LogP contribution is -2.13. The molecule has 0 heterocycles. The number of nitrogens with zero attached hydrogens (tertiary/aromatic N) is 2. The van der Waals surface area contributed by atoms with Gasteiger partial charge in [-0.25, -0.2) is 0 Å². The third kappa shape index (κ3) is 5.34. The third-order valence-corrected chi connectivity index (χ3v) is 4.24. The van der Waals surface area contributed by atoms with E-state index in [4.69, 9.17) is 14.7 Å². The smallest absolute Gasteiger partial charge is 0.266 e. The summed E-state index contributed by atoms with van der Waals surface area (Å²) in [4.78, 5) is 12.4. The van der Waals surface area contributed by atoms with Crippen LogP contribution in [-0.4, -0.2) is 19.6 Å². The molecule has 0 saturated carbocycles. The number of amides is 1. The number of ether oxygens (including phenoxy) is 2. The second-order valence-corrected chi connectivity index (χ2v) is 6.32. The molecule has 2 aromatic carbocycles. The molecule has 2 aromatic rings. The Hall–Kier alpha value is -3.29. The van der Waals surface area contributed by atoms with Crippen molar-refractivity contribution >= 4 is 33.6 Å². The first-order valence-corrected chi connectivity index (χ1v) is 8.65. The zero-order chi connectivity index (χ0) is 19.8. The SMILES string of the molecule is COc1cc(/C=C(\C#N)C(=O)Nc2ccc(C)cc2)c(Br)cc1OCC#N. The molecule has 0 unspecified atom stereocenters. The lowest BCUT2D eigenvalue weighted by Gasteiger charge is -2.11. The van der Waals surface area contributed by atoms with Gasteiger partial charge in [0.15, 0.2) is 18.1 Å². The molecule has 2 rings (SSSR count). The summed E-state index contributed by atoms with van der Waals surface area (Å²) in [5, 5.41) is 20.7. The number of anilines is 1. The molecule has 0 radical (unpaired) electrons. The number of hydrogen-bond donors (Lipinski definition) is 1. The van der Waals surface area contributed by atoms with Gasteiger partial charge in [0.05, 0.1) is 7.11 Å². The van der Waals surface area contributed by atoms with Crippen molar-refractivity contribution in [3.8, 4) is 23.6 Å². The van der Waals surface area contributed by atoms with Gasteiger partial charge in [-0.05, 0) is 42.8 Å². The zero-order valence-electron chi connectivity index (χ0n) is 14.7. The quantitative estimate of drug-likeness (QED) is 0.552. The number of aryl methyl sites for hydroxylation is 1. The standard InChI is InChI=1S/C20H16BrN3O3/c1-13-3-5-16(6-4-13)24-20(25)15(12-23)9-14-10-18(26-2)19(11-17(14)21)27-8-7-22/h3-6,9-11H,8H2,1-2H3,(H,24,25)/b15-9+. The second kappa shape index (κ2) is 9.42. The fourth-order valence-corrected chi connectivity index (χ4v) is 2.62. The minimum absolute atomic E-state index is 0.0657. The Balaban J connectivity index is 2.30. The molecular weight excluding hydrogens is 410 g/mol. The van der Waals surface area contributed by atoms with Gasteiger partial charge < -0.3 is 14.8 Å². The largest absolute Gasteiger partial charge is 0.493 e. The Labute approximate surface area is 165 Å². The van der Waals surface area contributed by atoms with Crippen LogP contribution in [0.25, 0.3) is 6.08 Å². The highest BCUT2D eigenvalue weighted by Gasteiger charge is 2.14. The summed E-state index contributed by atoms with van der Waals surface area (Å²) in [5.41, 5.74) is 2.17. The fourth-order valence-electron chi connectivity index (χ4n) is 2.18. The molecule has 0 fully saturated rings. The molecule has 27 heavy (non-hydrogen) atoms. The van der Waals surface area contributed by atoms with Crippen LogP contribution in [0.1, 0.15) is 11.1 Å². The van der Waals surface area contributed by atoms with E-state index in [1.54, 1.807) is 24.3 Å². The molecule has 136 valence electrons. The van der Waals surface area contributed by atoms with Crippen LogP contribution in [0.2, 0.25) is 0 Å². The van der Waals surface area contributed by atoms with Crippen molar-refractivity contribution < 1.29 is 14.3 Å². The first kappa shape index (κ1) is 20.0. The summed E-state index contributed by atoms with van der Waals surface area (Å²) in [6.07, 6.45) is 1.45. The van der Waals surface area contributed by atoms with Gasteiger partial charge in [0.2, 0.25) is 0 Å². The number of nitrogens with one attached hydrogen (secondary N) is 1. The van der Waals surface area contributed by atoms with E-state index in [2.05, 4.69) is 21.2 Å². The number of hydrogen-bond acceptors (Lipinski definition) is 5. The van der Waals surface area contributed by atoms with Crippen LogP contribution in [0.4, 0.5) is 5.69 Å². The number of halogens is 1. The van der Waals surface area contributed by atoms with Gasteiger partial charge in [0, 0.05) is 10.2 Å². The zero-order valence-corrected chi connectivity index (χ0v) is 16.3. The van der Waals surface area contributed by atoms with Crippen LogP contribution in [0.5, 0.6) is 11.5 Å². The van der Waals surface area contributed by atoms with Gasteiger partial charge in [-0.2, -0.15) is 10.5 Å². The fraction of sp³-hybridized carbons (Fsp3) is 0.150. The normalized spacial score (nSPS) is 10.5. The highest BCUT2D eigenvalue weighted by molar-refractivity contribution is 9.10. The molecule has 0 aliphatic heterocycles. The molecule has 0 bridgehead atoms. The Morgan fingerprint density at radius 1 is 1.22 bits per heavy atom. The van der Waals surface area contributed by atoms with Gasteiger partial charge in [-0.15, -0.1) is 0 Å². The lowest BCUT2D eigenvalue weighted by molar-refractivity contribution is -0.112. The molecule has 0 saturated heterocycles. The Morgan fingerprint density at radius 3 is 2.52 bits per heavy atom. The summed E-state index contributed by atoms with van der Waals surface area (Å²) in [6.45, 7) is 1.82. The van der Waals surface area contributed by atoms with Crippen molar-refractivity contribution in [2.45, 2.75) is 6.92 Å². The molecule has 0 aromatic heterocycles. The number of rotatable bonds is 6. The monoisotopic (exact) mass is 425 g/mol. The van der Waals surface area contributed by atoms with Crippen molar-refractivity contribution in [2.24, 2.45) is 0 Å². The van der Waals surface area contributed by atoms with Gasteiger partial charge in [-0.1, -0.05) is 33.6 Å². The lowest BCUT2D eigenvalue weighted by atomic mass is 10.1. The average molecular weight is 426 g/mol. The van der Waals surface area contributed by atoms with E-state index in [1.807, 2.05) is 31.2 Å². The average Bonchev–Trinajstić information content (AvgIpc) is 2.67. The molecule has 7 heteroatoms. The van der Waals surface area contributed by atoms with E-state index in [9.17, 15) is 10.1 Å². The number of carbonyl (C=O) groups is 1. The maximum absolute atomic E-state index is 12.4. The molecular formula is C20H16BrN3O3. The van der Waals surface area contributed by atoms with Crippen molar-refractivity contribution in [3.63, 3.8) is 0 Å². The first-order chi connectivity index (χ1) is 13.0. The summed E-state index contributed by atoms with van der Waals surface area (Å²) in [5.74, 6) is 0.249. The molecule has 0 spiro atoms. The molecule has 1 amide bonds. The van der Waals surface area contributed by atoms with Crippen molar-refractivity contribution in [1.29, 1.82) is 10.5 Å². The van der Waals surface area contributed by atoms with E-state index in [0.717, 1.165) is 5.56 Å². The number of benzene rings is 2. The highest BCUT2D eigenvalue weighted by atomic mass is 79.9. The Bertz CT molecular complexity index is 954. The van der Waals surface area contributed by atoms with Crippen molar-refractivity contribution in [1.82, 2.24) is 0 Å². The van der Waals surface area contributed by atoms with Crippen LogP contribution >= 0.6 is 15.9 Å². The van der Waals surface area contributed by atoms with Gasteiger partial charge in [0.25, 0.3) is 5.91 Å². The maximum atomic E-state index is 12.4. The summed E-state index contributed by atoms with van der Waals surface area (Å²) >= 11 is 3.38. The minimum Gasteiger partial charge on any atom is -0.493 e. The number of carbonyl (C=O) groups excluding carboxylic acids is 1. The van der Waals surface area contributed by atoms with Gasteiger partial charge in [0.1, 0.15) is 17.7 Å². The molecule has 6 nitrogen and oxygen atoms in total. The van der Waals surface area contributed by atoms with E-state index in [1.165, 1.54) is 13.2 Å². The van der Waals surface area contributed by atoms with Crippen LogP contribution in [0.15, 0.2) is 46.4 Å². The topological polar surface area (TPSA) is 95.1 Å². The number of methoxy groups -OCH3 is 1. The predicted octanol–water partition coefficient (Wildman–Crippen LogP) is 4.21. The molecule has 1 N–H and O–H groups in total. The third-order valence-electron chi connectivity index (χ3n) is 3.55. The van der Waals surface area contributed by atoms with Crippen LogP contribution in [0, 0.1) is 29.6 Å². The predicted molar refractivity (Wildman–Crippen MR) is 105 cm³/mol. The summed E-state index contributed by atoms with van der Waals surface area (Å²) < 4.78 is 11.1. The second-order valence-electron chi connectivity index (χ2n) is 5.46. The van der Waals surface area contributed by atoms with E-state index in [0.29, 0.717) is 27.2 Å². The molecule has 0 aliphatic rings.